The van der Waals surface area contributed by atoms with E-state index in [1.54, 1.807) is 14.2 Å². The van der Waals surface area contributed by atoms with Crippen molar-refractivity contribution >= 4 is 5.91 Å². The van der Waals surface area contributed by atoms with Crippen molar-refractivity contribution in [3.05, 3.63) is 59.2 Å². The van der Waals surface area contributed by atoms with E-state index in [4.69, 9.17) is 9.47 Å². The molecule has 0 aliphatic carbocycles. The first-order chi connectivity index (χ1) is 13.1. The Labute approximate surface area is 161 Å². The van der Waals surface area contributed by atoms with E-state index in [1.807, 2.05) is 49.4 Å². The molecule has 27 heavy (non-hydrogen) atoms. The van der Waals surface area contributed by atoms with Gasteiger partial charge in [-0.1, -0.05) is 12.1 Å². The van der Waals surface area contributed by atoms with E-state index in [9.17, 15) is 4.79 Å². The van der Waals surface area contributed by atoms with Crippen LogP contribution >= 0.6 is 0 Å². The lowest BCUT2D eigenvalue weighted by Crippen LogP contribution is -2.27. The van der Waals surface area contributed by atoms with Gasteiger partial charge in [0.25, 0.3) is 5.91 Å². The van der Waals surface area contributed by atoms with E-state index in [0.29, 0.717) is 5.56 Å². The average molecular weight is 368 g/mol. The van der Waals surface area contributed by atoms with Gasteiger partial charge < -0.3 is 14.8 Å². The minimum atomic E-state index is -0.202. The van der Waals surface area contributed by atoms with Gasteiger partial charge in [0.05, 0.1) is 20.3 Å². The Morgan fingerprint density at radius 3 is 2.41 bits per heavy atom. The fourth-order valence-corrected chi connectivity index (χ4v) is 3.50. The van der Waals surface area contributed by atoms with E-state index >= 15 is 0 Å². The summed E-state index contributed by atoms with van der Waals surface area (Å²) in [6.07, 6.45) is 2.57. The number of likely N-dealkylation sites (tertiary alicyclic amines) is 1. The van der Waals surface area contributed by atoms with E-state index in [0.717, 1.165) is 23.6 Å². The first-order valence-electron chi connectivity index (χ1n) is 9.45. The number of carbonyl (C=O) groups is 1. The SMILES string of the molecule is COc1ccc(OC)c([C@@H](C)NC(=O)c2ccc(CN3CCCC3)cc2)c1. The van der Waals surface area contributed by atoms with Crippen LogP contribution in [0.1, 0.15) is 47.3 Å². The molecule has 0 unspecified atom stereocenters. The first kappa shape index (κ1) is 19.2. The molecule has 0 saturated carbocycles. The highest BCUT2D eigenvalue weighted by atomic mass is 16.5. The number of hydrogen-bond acceptors (Lipinski definition) is 4. The van der Waals surface area contributed by atoms with Crippen LogP contribution in [0.25, 0.3) is 0 Å². The van der Waals surface area contributed by atoms with Crippen LogP contribution in [0, 0.1) is 0 Å². The van der Waals surface area contributed by atoms with Crippen molar-refractivity contribution < 1.29 is 14.3 Å². The molecule has 0 bridgehead atoms. The minimum absolute atomic E-state index is 0.0971. The van der Waals surface area contributed by atoms with Gasteiger partial charge in [0, 0.05) is 17.7 Å². The summed E-state index contributed by atoms with van der Waals surface area (Å²) in [6, 6.07) is 13.3. The second kappa shape index (κ2) is 8.91. The number of hydrogen-bond donors (Lipinski definition) is 1. The van der Waals surface area contributed by atoms with Crippen LogP contribution < -0.4 is 14.8 Å². The summed E-state index contributed by atoms with van der Waals surface area (Å²) in [5.41, 5.74) is 2.79. The Balaban J connectivity index is 1.65. The van der Waals surface area contributed by atoms with Gasteiger partial charge in [-0.3, -0.25) is 9.69 Å². The molecular weight excluding hydrogens is 340 g/mol. The van der Waals surface area contributed by atoms with Gasteiger partial charge in [-0.2, -0.15) is 0 Å². The lowest BCUT2D eigenvalue weighted by Gasteiger charge is -2.18. The molecule has 5 heteroatoms. The highest BCUT2D eigenvalue weighted by molar-refractivity contribution is 5.94. The fourth-order valence-electron chi connectivity index (χ4n) is 3.50. The minimum Gasteiger partial charge on any atom is -0.497 e. The predicted octanol–water partition coefficient (Wildman–Crippen LogP) is 3.79. The molecule has 2 aromatic rings. The second-order valence-corrected chi connectivity index (χ2v) is 6.98. The van der Waals surface area contributed by atoms with Crippen molar-refractivity contribution in [1.29, 1.82) is 0 Å². The number of benzene rings is 2. The van der Waals surface area contributed by atoms with Crippen molar-refractivity contribution in [3.63, 3.8) is 0 Å². The maximum atomic E-state index is 12.6. The third kappa shape index (κ3) is 4.80. The zero-order chi connectivity index (χ0) is 19.2. The maximum Gasteiger partial charge on any atom is 0.251 e. The van der Waals surface area contributed by atoms with Crippen LogP contribution in [0.2, 0.25) is 0 Å². The van der Waals surface area contributed by atoms with Crippen LogP contribution in [-0.4, -0.2) is 38.1 Å². The number of methoxy groups -OCH3 is 2. The standard InChI is InChI=1S/C22H28N2O3/c1-16(20-14-19(26-2)10-11-21(20)27-3)23-22(25)18-8-6-17(7-9-18)15-24-12-4-5-13-24/h6-11,14,16H,4-5,12-13,15H2,1-3H3,(H,23,25)/t16-/m1/s1. The van der Waals surface area contributed by atoms with Crippen LogP contribution in [0.3, 0.4) is 0 Å². The predicted molar refractivity (Wildman–Crippen MR) is 106 cm³/mol. The molecule has 5 nitrogen and oxygen atoms in total. The topological polar surface area (TPSA) is 50.8 Å². The molecule has 1 heterocycles. The largest absolute Gasteiger partial charge is 0.497 e. The number of ether oxygens (including phenoxy) is 2. The van der Waals surface area contributed by atoms with Crippen LogP contribution in [0.15, 0.2) is 42.5 Å². The smallest absolute Gasteiger partial charge is 0.251 e. The molecule has 1 aliphatic rings. The van der Waals surface area contributed by atoms with E-state index in [-0.39, 0.29) is 11.9 Å². The molecule has 1 amide bonds. The normalized spacial score (nSPS) is 15.4. The molecule has 2 aromatic carbocycles. The Kier molecular flexibility index (Phi) is 6.35. The van der Waals surface area contributed by atoms with Crippen molar-refractivity contribution in [2.45, 2.75) is 32.4 Å². The number of amides is 1. The quantitative estimate of drug-likeness (QED) is 0.808. The van der Waals surface area contributed by atoms with Gasteiger partial charge in [0.2, 0.25) is 0 Å². The van der Waals surface area contributed by atoms with Crippen LogP contribution in [0.4, 0.5) is 0 Å². The van der Waals surface area contributed by atoms with Gasteiger partial charge in [-0.25, -0.2) is 0 Å². The van der Waals surface area contributed by atoms with Gasteiger partial charge in [0.15, 0.2) is 0 Å². The van der Waals surface area contributed by atoms with E-state index in [2.05, 4.69) is 10.2 Å². The number of nitrogens with zero attached hydrogens (tertiary/aromatic N) is 1. The fraction of sp³-hybridized carbons (Fsp3) is 0.409. The molecule has 1 N–H and O–H groups in total. The number of carbonyl (C=O) groups excluding carboxylic acids is 1. The number of nitrogens with one attached hydrogen (secondary N) is 1. The molecule has 0 spiro atoms. The second-order valence-electron chi connectivity index (χ2n) is 6.98. The van der Waals surface area contributed by atoms with Crippen molar-refractivity contribution in [2.75, 3.05) is 27.3 Å². The van der Waals surface area contributed by atoms with E-state index in [1.165, 1.54) is 31.5 Å². The molecule has 144 valence electrons. The summed E-state index contributed by atoms with van der Waals surface area (Å²) in [7, 11) is 3.25. The highest BCUT2D eigenvalue weighted by Crippen LogP contribution is 2.29. The Morgan fingerprint density at radius 1 is 1.07 bits per heavy atom. The Bertz CT molecular complexity index is 768. The summed E-state index contributed by atoms with van der Waals surface area (Å²) < 4.78 is 10.7. The summed E-state index contributed by atoms with van der Waals surface area (Å²) in [6.45, 7) is 5.24. The third-order valence-corrected chi connectivity index (χ3v) is 5.07. The molecule has 0 aromatic heterocycles. The summed E-state index contributed by atoms with van der Waals surface area (Å²) in [5.74, 6) is 1.36. The van der Waals surface area contributed by atoms with Gasteiger partial charge >= 0.3 is 0 Å². The van der Waals surface area contributed by atoms with Crippen molar-refractivity contribution in [3.8, 4) is 11.5 Å². The summed E-state index contributed by atoms with van der Waals surface area (Å²) in [4.78, 5) is 15.1. The molecular formula is C22H28N2O3. The molecule has 3 rings (SSSR count). The monoisotopic (exact) mass is 368 g/mol. The van der Waals surface area contributed by atoms with Gasteiger partial charge in [-0.15, -0.1) is 0 Å². The average Bonchev–Trinajstić information content (AvgIpc) is 3.21. The summed E-state index contributed by atoms with van der Waals surface area (Å²) >= 11 is 0. The zero-order valence-electron chi connectivity index (χ0n) is 16.3. The Hall–Kier alpha value is -2.53. The molecule has 1 aliphatic heterocycles. The first-order valence-corrected chi connectivity index (χ1v) is 9.45. The third-order valence-electron chi connectivity index (χ3n) is 5.07. The van der Waals surface area contributed by atoms with Crippen molar-refractivity contribution in [2.24, 2.45) is 0 Å². The molecule has 1 atom stereocenters. The zero-order valence-corrected chi connectivity index (χ0v) is 16.3. The van der Waals surface area contributed by atoms with Crippen molar-refractivity contribution in [1.82, 2.24) is 10.2 Å². The van der Waals surface area contributed by atoms with E-state index < -0.39 is 0 Å². The van der Waals surface area contributed by atoms with Gasteiger partial charge in [-0.05, 0) is 68.8 Å². The molecule has 1 saturated heterocycles. The molecule has 1 fully saturated rings. The van der Waals surface area contributed by atoms with Gasteiger partial charge in [0.1, 0.15) is 11.5 Å². The lowest BCUT2D eigenvalue weighted by molar-refractivity contribution is 0.0939. The lowest BCUT2D eigenvalue weighted by atomic mass is 10.1. The summed E-state index contributed by atoms with van der Waals surface area (Å²) in [5, 5.41) is 3.05. The molecule has 0 radical (unpaired) electrons. The van der Waals surface area contributed by atoms with Crippen LogP contribution in [0.5, 0.6) is 11.5 Å². The Morgan fingerprint density at radius 2 is 1.78 bits per heavy atom. The maximum absolute atomic E-state index is 12.6. The highest BCUT2D eigenvalue weighted by Gasteiger charge is 2.17. The van der Waals surface area contributed by atoms with Crippen LogP contribution in [-0.2, 0) is 6.54 Å². The number of rotatable bonds is 7.